The molecule has 2 aliphatic heterocycles. The van der Waals surface area contributed by atoms with E-state index in [9.17, 15) is 0 Å². The van der Waals surface area contributed by atoms with E-state index in [1.807, 2.05) is 0 Å². The molecule has 0 saturated heterocycles. The van der Waals surface area contributed by atoms with Gasteiger partial charge in [-0.15, -0.1) is 0 Å². The van der Waals surface area contributed by atoms with E-state index in [2.05, 4.69) is 270 Å². The summed E-state index contributed by atoms with van der Waals surface area (Å²) in [6.07, 6.45) is 4.54. The first-order chi connectivity index (χ1) is 33.4. The maximum absolute atomic E-state index is 2.52. The van der Waals surface area contributed by atoms with Gasteiger partial charge in [-0.3, -0.25) is 0 Å². The van der Waals surface area contributed by atoms with E-state index < -0.39 is 0 Å². The highest BCUT2D eigenvalue weighted by Gasteiger charge is 2.43. The third-order valence-electron chi connectivity index (χ3n) is 16.0. The zero-order chi connectivity index (χ0) is 46.8. The van der Waals surface area contributed by atoms with E-state index in [-0.39, 0.29) is 16.2 Å². The molecule has 10 aromatic rings. The van der Waals surface area contributed by atoms with Crippen LogP contribution in [0.25, 0.3) is 56.0 Å². The quantitative estimate of drug-likeness (QED) is 0.159. The predicted octanol–water partition coefficient (Wildman–Crippen LogP) is 18.4. The molecule has 69 heavy (non-hydrogen) atoms. The first kappa shape index (κ1) is 41.3. The summed E-state index contributed by atoms with van der Waals surface area (Å²) in [6, 6.07) is 77.1. The highest BCUT2D eigenvalue weighted by Crippen LogP contribution is 2.58. The van der Waals surface area contributed by atoms with Crippen molar-refractivity contribution in [2.24, 2.45) is 0 Å². The predicted molar refractivity (Wildman–Crippen MR) is 293 cm³/mol. The lowest BCUT2D eigenvalue weighted by molar-refractivity contribution is 0.627. The minimum absolute atomic E-state index is 0.177. The van der Waals surface area contributed by atoms with Crippen LogP contribution in [0.4, 0.5) is 34.1 Å². The van der Waals surface area contributed by atoms with Gasteiger partial charge < -0.3 is 9.80 Å². The zero-order valence-corrected chi connectivity index (χ0v) is 40.2. The second-order valence-corrected chi connectivity index (χ2v) is 21.1. The fourth-order valence-electron chi connectivity index (χ4n) is 12.1. The maximum atomic E-state index is 2.52. The van der Waals surface area contributed by atoms with Gasteiger partial charge in [-0.05, 0) is 149 Å². The van der Waals surface area contributed by atoms with Gasteiger partial charge in [0, 0.05) is 27.6 Å². The standard InChI is InChI=1S/C67H54N2/c1-65(2)55-19-11-13-21-61(55)68(51-33-30-45-15-7-9-17-48(45)38-51)63-36-32-50(40-59(63)65)47-28-25-43(26-29-47)23-24-44-27-35-53-54-41-60-64(42-58(54)67(5,6)57(53)37-44)69(62-22-14-12-20-56(62)66(60,3)4)52-34-31-46-16-8-10-18-49(46)39-52/h7-42H,1-6H3/b24-23+. The smallest absolute Gasteiger partial charge is 0.0506 e. The summed E-state index contributed by atoms with van der Waals surface area (Å²) in [4.78, 5) is 4.96. The normalized spacial score (nSPS) is 15.6. The number of fused-ring (bicyclic) bond motifs is 9. The number of nitrogens with zero attached hydrogens (tertiary/aromatic N) is 2. The molecular formula is C67H54N2. The fraction of sp³-hybridized carbons (Fsp3) is 0.134. The van der Waals surface area contributed by atoms with E-state index in [0.29, 0.717) is 0 Å². The van der Waals surface area contributed by atoms with Crippen LogP contribution in [0.2, 0.25) is 0 Å². The van der Waals surface area contributed by atoms with Gasteiger partial charge in [-0.1, -0.05) is 199 Å². The van der Waals surface area contributed by atoms with E-state index >= 15 is 0 Å². The Morgan fingerprint density at radius 2 is 0.754 bits per heavy atom. The van der Waals surface area contributed by atoms with Crippen LogP contribution < -0.4 is 9.80 Å². The van der Waals surface area contributed by atoms with E-state index in [1.54, 1.807) is 0 Å². The van der Waals surface area contributed by atoms with Gasteiger partial charge in [0.2, 0.25) is 0 Å². The summed E-state index contributed by atoms with van der Waals surface area (Å²) in [7, 11) is 0. The average Bonchev–Trinajstić information content (AvgIpc) is 3.59. The molecule has 0 unspecified atom stereocenters. The molecule has 0 N–H and O–H groups in total. The van der Waals surface area contributed by atoms with Crippen molar-refractivity contribution in [2.45, 2.75) is 57.8 Å². The van der Waals surface area contributed by atoms with Gasteiger partial charge in [0.1, 0.15) is 0 Å². The van der Waals surface area contributed by atoms with Crippen LogP contribution in [0, 0.1) is 0 Å². The number of anilines is 6. The second-order valence-electron chi connectivity index (χ2n) is 21.1. The highest BCUT2D eigenvalue weighted by molar-refractivity contribution is 5.96. The van der Waals surface area contributed by atoms with Crippen LogP contribution in [-0.2, 0) is 16.2 Å². The Labute approximate surface area is 406 Å². The number of para-hydroxylation sites is 2. The molecule has 0 radical (unpaired) electrons. The first-order valence-electron chi connectivity index (χ1n) is 24.5. The molecule has 1 aliphatic carbocycles. The Bertz CT molecular complexity index is 3770. The monoisotopic (exact) mass is 886 g/mol. The van der Waals surface area contributed by atoms with Gasteiger partial charge in [0.05, 0.1) is 22.7 Å². The Morgan fingerprint density at radius 3 is 1.38 bits per heavy atom. The number of benzene rings is 10. The molecule has 13 rings (SSSR count). The summed E-state index contributed by atoms with van der Waals surface area (Å²) < 4.78 is 0. The third-order valence-corrected chi connectivity index (χ3v) is 16.0. The second kappa shape index (κ2) is 15.0. The Hall–Kier alpha value is -7.94. The van der Waals surface area contributed by atoms with Crippen molar-refractivity contribution in [1.29, 1.82) is 0 Å². The molecule has 0 spiro atoms. The molecule has 2 heteroatoms. The molecule has 2 heterocycles. The average molecular weight is 887 g/mol. The molecular weight excluding hydrogens is 833 g/mol. The number of rotatable bonds is 5. The first-order valence-corrected chi connectivity index (χ1v) is 24.5. The van der Waals surface area contributed by atoms with Gasteiger partial charge in [-0.25, -0.2) is 0 Å². The van der Waals surface area contributed by atoms with Gasteiger partial charge >= 0.3 is 0 Å². The Morgan fingerprint density at radius 1 is 0.290 bits per heavy atom. The van der Waals surface area contributed by atoms with Crippen molar-refractivity contribution in [3.8, 4) is 22.3 Å². The highest BCUT2D eigenvalue weighted by atomic mass is 15.2. The van der Waals surface area contributed by atoms with Crippen molar-refractivity contribution < 1.29 is 0 Å². The molecule has 0 fully saturated rings. The van der Waals surface area contributed by atoms with Crippen LogP contribution in [0.5, 0.6) is 0 Å². The van der Waals surface area contributed by atoms with Gasteiger partial charge in [0.25, 0.3) is 0 Å². The van der Waals surface area contributed by atoms with Crippen molar-refractivity contribution in [3.63, 3.8) is 0 Å². The van der Waals surface area contributed by atoms with Crippen LogP contribution in [0.15, 0.2) is 206 Å². The number of hydrogen-bond donors (Lipinski definition) is 0. The lowest BCUT2D eigenvalue weighted by Gasteiger charge is -2.43. The molecule has 0 amide bonds. The Kier molecular flexibility index (Phi) is 8.99. The molecule has 332 valence electrons. The summed E-state index contributed by atoms with van der Waals surface area (Å²) in [6.45, 7) is 14.3. The summed E-state index contributed by atoms with van der Waals surface area (Å²) in [5.74, 6) is 0. The summed E-state index contributed by atoms with van der Waals surface area (Å²) in [5, 5.41) is 5.00. The van der Waals surface area contributed by atoms with Crippen molar-refractivity contribution in [2.75, 3.05) is 9.80 Å². The van der Waals surface area contributed by atoms with E-state index in [4.69, 9.17) is 0 Å². The topological polar surface area (TPSA) is 6.48 Å². The molecule has 10 aromatic carbocycles. The van der Waals surface area contributed by atoms with Crippen molar-refractivity contribution >= 4 is 67.8 Å². The maximum Gasteiger partial charge on any atom is 0.0506 e. The van der Waals surface area contributed by atoms with E-state index in [0.717, 1.165) is 0 Å². The van der Waals surface area contributed by atoms with Crippen LogP contribution >= 0.6 is 0 Å². The van der Waals surface area contributed by atoms with Crippen LogP contribution in [0.3, 0.4) is 0 Å². The minimum atomic E-state index is -0.181. The largest absolute Gasteiger partial charge is 0.310 e. The minimum Gasteiger partial charge on any atom is -0.310 e. The van der Waals surface area contributed by atoms with E-state index in [1.165, 1.54) is 122 Å². The van der Waals surface area contributed by atoms with Gasteiger partial charge in [-0.2, -0.15) is 0 Å². The summed E-state index contributed by atoms with van der Waals surface area (Å²) in [5.41, 5.74) is 22.5. The third kappa shape index (κ3) is 6.31. The molecule has 0 saturated carbocycles. The fourth-order valence-corrected chi connectivity index (χ4v) is 12.1. The van der Waals surface area contributed by atoms with Crippen molar-refractivity contribution in [3.05, 3.63) is 251 Å². The SMILES string of the molecule is CC1(C)c2cc(/C=C/c3ccc(-c4ccc5c(c4)C(C)(C)c4ccccc4N5c4ccc5ccccc5c4)cc3)ccc2-c2cc3c(cc21)N(c1ccc2ccccc2c1)c1ccccc1C3(C)C. The molecule has 2 nitrogen and oxygen atoms in total. The summed E-state index contributed by atoms with van der Waals surface area (Å²) >= 11 is 0. The molecule has 0 atom stereocenters. The molecule has 3 aliphatic rings. The number of hydrogen-bond acceptors (Lipinski definition) is 2. The van der Waals surface area contributed by atoms with Crippen LogP contribution in [0.1, 0.15) is 86.1 Å². The van der Waals surface area contributed by atoms with Gasteiger partial charge in [0.15, 0.2) is 0 Å². The lowest BCUT2D eigenvalue weighted by Crippen LogP contribution is -2.31. The van der Waals surface area contributed by atoms with Crippen molar-refractivity contribution in [1.82, 2.24) is 0 Å². The lowest BCUT2D eigenvalue weighted by atomic mass is 9.71. The zero-order valence-electron chi connectivity index (χ0n) is 40.2. The molecule has 0 bridgehead atoms. The Balaban J connectivity index is 0.811. The van der Waals surface area contributed by atoms with Crippen LogP contribution in [-0.4, -0.2) is 0 Å². The molecule has 0 aromatic heterocycles.